The molecule has 0 atom stereocenters. The van der Waals surface area contributed by atoms with Crippen LogP contribution in [0, 0.1) is 5.92 Å². The zero-order chi connectivity index (χ0) is 11.7. The average molecular weight is 294 g/mol. The van der Waals surface area contributed by atoms with Crippen molar-refractivity contribution in [3.05, 3.63) is 28.5 Å². The number of aromatic nitrogens is 2. The summed E-state index contributed by atoms with van der Waals surface area (Å²) in [6, 6.07) is 6.16. The monoisotopic (exact) mass is 293 g/mol. The summed E-state index contributed by atoms with van der Waals surface area (Å²) in [5, 5.41) is 3.40. The Labute approximate surface area is 109 Å². The number of nitrogens with zero attached hydrogens (tertiary/aromatic N) is 1. The number of benzene rings is 1. The Hall–Kier alpha value is -0.870. The number of para-hydroxylation sites is 1. The van der Waals surface area contributed by atoms with Crippen molar-refractivity contribution in [3.63, 3.8) is 0 Å². The highest BCUT2D eigenvalue weighted by Gasteiger charge is 2.15. The second kappa shape index (κ2) is 4.78. The third-order valence-electron chi connectivity index (χ3n) is 3.45. The predicted octanol–water partition coefficient (Wildman–Crippen LogP) is 2.87. The standard InChI is InChI=1S/C13H16BrN3/c14-10-2-1-3-11-13(10)17-12(16-11)8-9-4-6-15-7-5-9/h1-3,9,15H,4-8H2,(H,16,17). The molecule has 0 saturated carbocycles. The Balaban J connectivity index is 1.83. The fourth-order valence-corrected chi connectivity index (χ4v) is 2.96. The van der Waals surface area contributed by atoms with E-state index in [1.807, 2.05) is 12.1 Å². The lowest BCUT2D eigenvalue weighted by Crippen LogP contribution is -2.28. The molecular formula is C13H16BrN3. The number of aromatic amines is 1. The molecule has 2 heterocycles. The van der Waals surface area contributed by atoms with E-state index in [2.05, 4.69) is 37.3 Å². The minimum Gasteiger partial charge on any atom is -0.342 e. The molecule has 3 nitrogen and oxygen atoms in total. The lowest BCUT2D eigenvalue weighted by Gasteiger charge is -2.21. The molecule has 2 aromatic rings. The van der Waals surface area contributed by atoms with Crippen molar-refractivity contribution in [1.82, 2.24) is 15.3 Å². The number of hydrogen-bond acceptors (Lipinski definition) is 2. The van der Waals surface area contributed by atoms with Crippen LogP contribution in [0.4, 0.5) is 0 Å². The van der Waals surface area contributed by atoms with Gasteiger partial charge in [-0.3, -0.25) is 0 Å². The Kier molecular flexibility index (Phi) is 3.16. The summed E-state index contributed by atoms with van der Waals surface area (Å²) >= 11 is 3.54. The van der Waals surface area contributed by atoms with Crippen LogP contribution in [-0.2, 0) is 6.42 Å². The lowest BCUT2D eigenvalue weighted by molar-refractivity contribution is 0.368. The van der Waals surface area contributed by atoms with Crippen LogP contribution in [0.2, 0.25) is 0 Å². The Morgan fingerprint density at radius 2 is 2.12 bits per heavy atom. The lowest BCUT2D eigenvalue weighted by atomic mass is 9.94. The molecule has 17 heavy (non-hydrogen) atoms. The van der Waals surface area contributed by atoms with Gasteiger partial charge in [-0.1, -0.05) is 6.07 Å². The first-order valence-corrected chi connectivity index (χ1v) is 6.96. The maximum absolute atomic E-state index is 4.68. The highest BCUT2D eigenvalue weighted by Crippen LogP contribution is 2.23. The Morgan fingerprint density at radius 3 is 2.88 bits per heavy atom. The van der Waals surface area contributed by atoms with Crippen molar-refractivity contribution in [2.45, 2.75) is 19.3 Å². The molecule has 0 radical (unpaired) electrons. The van der Waals surface area contributed by atoms with Gasteiger partial charge in [-0.2, -0.15) is 0 Å². The minimum absolute atomic E-state index is 0.774. The fourth-order valence-electron chi connectivity index (χ4n) is 2.50. The summed E-state index contributed by atoms with van der Waals surface area (Å²) in [6.07, 6.45) is 3.60. The van der Waals surface area contributed by atoms with Crippen LogP contribution in [0.25, 0.3) is 11.0 Å². The zero-order valence-corrected chi connectivity index (χ0v) is 11.3. The normalized spacial score (nSPS) is 17.7. The van der Waals surface area contributed by atoms with E-state index in [9.17, 15) is 0 Å². The number of hydrogen-bond donors (Lipinski definition) is 2. The highest BCUT2D eigenvalue weighted by atomic mass is 79.9. The molecule has 1 aliphatic heterocycles. The van der Waals surface area contributed by atoms with Gasteiger partial charge < -0.3 is 10.3 Å². The van der Waals surface area contributed by atoms with Gasteiger partial charge in [0.15, 0.2) is 0 Å². The third-order valence-corrected chi connectivity index (χ3v) is 4.09. The molecule has 0 bridgehead atoms. The van der Waals surface area contributed by atoms with Gasteiger partial charge in [0.2, 0.25) is 0 Å². The van der Waals surface area contributed by atoms with Crippen molar-refractivity contribution in [1.29, 1.82) is 0 Å². The number of nitrogens with one attached hydrogen (secondary N) is 2. The van der Waals surface area contributed by atoms with E-state index in [0.717, 1.165) is 46.8 Å². The molecule has 1 aliphatic rings. The van der Waals surface area contributed by atoms with Crippen LogP contribution in [-0.4, -0.2) is 23.1 Å². The number of rotatable bonds is 2. The maximum atomic E-state index is 4.68. The van der Waals surface area contributed by atoms with Crippen LogP contribution in [0.3, 0.4) is 0 Å². The summed E-state index contributed by atoms with van der Waals surface area (Å²) in [7, 11) is 0. The molecule has 1 fully saturated rings. The molecule has 1 aromatic heterocycles. The molecule has 0 unspecified atom stereocenters. The van der Waals surface area contributed by atoms with Crippen molar-refractivity contribution >= 4 is 27.0 Å². The molecule has 1 saturated heterocycles. The van der Waals surface area contributed by atoms with Crippen molar-refractivity contribution in [2.75, 3.05) is 13.1 Å². The van der Waals surface area contributed by atoms with Gasteiger partial charge in [0, 0.05) is 10.9 Å². The molecule has 0 aliphatic carbocycles. The van der Waals surface area contributed by atoms with Crippen LogP contribution in [0.1, 0.15) is 18.7 Å². The van der Waals surface area contributed by atoms with Gasteiger partial charge in [0.25, 0.3) is 0 Å². The molecule has 0 amide bonds. The third kappa shape index (κ3) is 2.38. The molecule has 3 rings (SSSR count). The van der Waals surface area contributed by atoms with E-state index in [0.29, 0.717) is 0 Å². The number of halogens is 1. The molecule has 90 valence electrons. The summed E-state index contributed by atoms with van der Waals surface area (Å²) in [5.74, 6) is 1.90. The van der Waals surface area contributed by atoms with E-state index in [-0.39, 0.29) is 0 Å². The van der Waals surface area contributed by atoms with Crippen LogP contribution >= 0.6 is 15.9 Å². The van der Waals surface area contributed by atoms with Gasteiger partial charge in [-0.25, -0.2) is 4.98 Å². The first-order valence-electron chi connectivity index (χ1n) is 6.17. The second-order valence-corrected chi connectivity index (χ2v) is 5.57. The topological polar surface area (TPSA) is 40.7 Å². The largest absolute Gasteiger partial charge is 0.342 e. The first kappa shape index (κ1) is 11.2. The molecule has 1 aromatic carbocycles. The molecule has 2 N–H and O–H groups in total. The van der Waals surface area contributed by atoms with Gasteiger partial charge in [-0.15, -0.1) is 0 Å². The quantitative estimate of drug-likeness (QED) is 0.894. The summed E-state index contributed by atoms with van der Waals surface area (Å²) < 4.78 is 1.07. The number of piperidine rings is 1. The van der Waals surface area contributed by atoms with Crippen LogP contribution in [0.15, 0.2) is 22.7 Å². The molecule has 0 spiro atoms. The van der Waals surface area contributed by atoms with Crippen molar-refractivity contribution in [2.24, 2.45) is 5.92 Å². The van der Waals surface area contributed by atoms with Gasteiger partial charge in [0.05, 0.1) is 5.52 Å². The van der Waals surface area contributed by atoms with Crippen LogP contribution < -0.4 is 5.32 Å². The Morgan fingerprint density at radius 1 is 1.29 bits per heavy atom. The first-order chi connectivity index (χ1) is 8.33. The molecular weight excluding hydrogens is 278 g/mol. The number of H-pyrrole nitrogens is 1. The maximum Gasteiger partial charge on any atom is 0.107 e. The van der Waals surface area contributed by atoms with Crippen molar-refractivity contribution in [3.8, 4) is 0 Å². The molecule has 4 heteroatoms. The van der Waals surface area contributed by atoms with Gasteiger partial charge in [0.1, 0.15) is 11.3 Å². The van der Waals surface area contributed by atoms with Crippen molar-refractivity contribution < 1.29 is 0 Å². The summed E-state index contributed by atoms with van der Waals surface area (Å²) in [6.45, 7) is 2.29. The van der Waals surface area contributed by atoms with Crippen LogP contribution in [0.5, 0.6) is 0 Å². The Bertz CT molecular complexity index is 514. The van der Waals surface area contributed by atoms with E-state index >= 15 is 0 Å². The minimum atomic E-state index is 0.774. The van der Waals surface area contributed by atoms with E-state index in [1.165, 1.54) is 12.8 Å². The fraction of sp³-hybridized carbons (Fsp3) is 0.462. The summed E-state index contributed by atoms with van der Waals surface area (Å²) in [5.41, 5.74) is 2.18. The van der Waals surface area contributed by atoms with E-state index in [4.69, 9.17) is 0 Å². The predicted molar refractivity (Wildman–Crippen MR) is 73.1 cm³/mol. The van der Waals surface area contributed by atoms with Gasteiger partial charge in [-0.05, 0) is 59.9 Å². The van der Waals surface area contributed by atoms with E-state index in [1.54, 1.807) is 0 Å². The summed E-state index contributed by atoms with van der Waals surface area (Å²) in [4.78, 5) is 8.11. The second-order valence-electron chi connectivity index (χ2n) is 4.72. The van der Waals surface area contributed by atoms with Gasteiger partial charge >= 0.3 is 0 Å². The highest BCUT2D eigenvalue weighted by molar-refractivity contribution is 9.10. The number of fused-ring (bicyclic) bond motifs is 1. The number of imidazole rings is 1. The zero-order valence-electron chi connectivity index (χ0n) is 9.67. The average Bonchev–Trinajstić information content (AvgIpc) is 2.74. The smallest absolute Gasteiger partial charge is 0.107 e. The SMILES string of the molecule is Brc1cccc2[nH]c(CC3CCNCC3)nc12. The van der Waals surface area contributed by atoms with E-state index < -0.39 is 0 Å².